The van der Waals surface area contributed by atoms with Crippen molar-refractivity contribution in [3.8, 4) is 6.07 Å². The van der Waals surface area contributed by atoms with Crippen molar-refractivity contribution in [2.75, 3.05) is 11.6 Å². The summed E-state index contributed by atoms with van der Waals surface area (Å²) in [4.78, 5) is 17.3. The molecule has 7 nitrogen and oxygen atoms in total. The third-order valence-electron chi connectivity index (χ3n) is 4.41. The van der Waals surface area contributed by atoms with Crippen molar-refractivity contribution in [1.82, 2.24) is 19.7 Å². The van der Waals surface area contributed by atoms with Crippen molar-refractivity contribution in [3.63, 3.8) is 0 Å². The SMILES string of the molecule is CSCc1nc2ccccc2n1CC(=O)Nc1nnc(SCc2ccc(C#N)cc2)s1. The highest BCUT2D eigenvalue weighted by Crippen LogP contribution is 2.28. The van der Waals surface area contributed by atoms with Crippen LogP contribution in [0.25, 0.3) is 11.0 Å². The Bertz CT molecular complexity index is 1240. The monoisotopic (exact) mass is 466 g/mol. The number of imidazole rings is 1. The van der Waals surface area contributed by atoms with Crippen LogP contribution in [-0.4, -0.2) is 31.9 Å². The Hall–Kier alpha value is -2.87. The predicted molar refractivity (Wildman–Crippen MR) is 126 cm³/mol. The first-order chi connectivity index (χ1) is 15.2. The number of para-hydroxylation sites is 2. The van der Waals surface area contributed by atoms with Crippen LogP contribution in [0.1, 0.15) is 17.0 Å². The van der Waals surface area contributed by atoms with Crippen LogP contribution in [-0.2, 0) is 22.8 Å². The van der Waals surface area contributed by atoms with Gasteiger partial charge in [0.2, 0.25) is 11.0 Å². The second kappa shape index (κ2) is 9.96. The van der Waals surface area contributed by atoms with Crippen LogP contribution in [0.4, 0.5) is 5.13 Å². The zero-order chi connectivity index (χ0) is 21.6. The Balaban J connectivity index is 1.38. The van der Waals surface area contributed by atoms with E-state index in [1.165, 1.54) is 11.3 Å². The lowest BCUT2D eigenvalue weighted by molar-refractivity contribution is -0.116. The van der Waals surface area contributed by atoms with E-state index in [2.05, 4.69) is 26.6 Å². The van der Waals surface area contributed by atoms with E-state index in [0.29, 0.717) is 16.4 Å². The molecule has 4 rings (SSSR count). The number of anilines is 1. The molecule has 0 bridgehead atoms. The number of nitrogens with zero attached hydrogens (tertiary/aromatic N) is 5. The van der Waals surface area contributed by atoms with E-state index in [1.54, 1.807) is 35.7 Å². The summed E-state index contributed by atoms with van der Waals surface area (Å²) in [5.41, 5.74) is 3.56. The molecule has 0 spiro atoms. The first kappa shape index (κ1) is 21.4. The van der Waals surface area contributed by atoms with Gasteiger partial charge in [0, 0.05) is 5.75 Å². The van der Waals surface area contributed by atoms with Crippen molar-refractivity contribution < 1.29 is 4.79 Å². The van der Waals surface area contributed by atoms with Crippen LogP contribution in [0.15, 0.2) is 52.9 Å². The molecule has 0 atom stereocenters. The number of aromatic nitrogens is 4. The van der Waals surface area contributed by atoms with Crippen molar-refractivity contribution in [3.05, 3.63) is 65.5 Å². The average Bonchev–Trinajstić information content (AvgIpc) is 3.37. The highest BCUT2D eigenvalue weighted by molar-refractivity contribution is 8.00. The van der Waals surface area contributed by atoms with Crippen LogP contribution in [0.3, 0.4) is 0 Å². The van der Waals surface area contributed by atoms with Crippen molar-refractivity contribution >= 4 is 56.9 Å². The van der Waals surface area contributed by atoms with Crippen LogP contribution >= 0.6 is 34.9 Å². The molecule has 10 heteroatoms. The summed E-state index contributed by atoms with van der Waals surface area (Å²) in [6, 6.07) is 17.4. The minimum atomic E-state index is -0.162. The molecular weight excluding hydrogens is 448 g/mol. The number of hydrogen-bond donors (Lipinski definition) is 1. The number of benzene rings is 2. The first-order valence-electron chi connectivity index (χ1n) is 9.34. The fraction of sp³-hybridized carbons (Fsp3) is 0.190. The number of hydrogen-bond acceptors (Lipinski definition) is 8. The quantitative estimate of drug-likeness (QED) is 0.300. The van der Waals surface area contributed by atoms with E-state index in [9.17, 15) is 4.79 Å². The molecule has 0 saturated heterocycles. The summed E-state index contributed by atoms with van der Waals surface area (Å²) in [6.07, 6.45) is 2.02. The smallest absolute Gasteiger partial charge is 0.246 e. The van der Waals surface area contributed by atoms with Gasteiger partial charge in [0.15, 0.2) is 4.34 Å². The van der Waals surface area contributed by atoms with Gasteiger partial charge in [0.05, 0.1) is 28.4 Å². The third kappa shape index (κ3) is 5.25. The van der Waals surface area contributed by atoms with Gasteiger partial charge in [-0.15, -0.1) is 10.2 Å². The second-order valence-corrected chi connectivity index (χ2v) is 9.62. The van der Waals surface area contributed by atoms with Crippen LogP contribution in [0, 0.1) is 11.3 Å². The Morgan fingerprint density at radius 3 is 2.74 bits per heavy atom. The van der Waals surface area contributed by atoms with E-state index in [-0.39, 0.29) is 12.5 Å². The van der Waals surface area contributed by atoms with E-state index in [1.807, 2.05) is 47.2 Å². The molecule has 1 N–H and O–H groups in total. The van der Waals surface area contributed by atoms with Crippen LogP contribution < -0.4 is 5.32 Å². The van der Waals surface area contributed by atoms with Gasteiger partial charge < -0.3 is 4.57 Å². The normalized spacial score (nSPS) is 10.8. The second-order valence-electron chi connectivity index (χ2n) is 6.55. The molecule has 156 valence electrons. The molecule has 4 aromatic rings. The molecule has 1 amide bonds. The lowest BCUT2D eigenvalue weighted by Gasteiger charge is -2.08. The van der Waals surface area contributed by atoms with Crippen molar-refractivity contribution in [2.45, 2.75) is 22.4 Å². The number of nitriles is 1. The Kier molecular flexibility index (Phi) is 6.86. The minimum Gasteiger partial charge on any atom is -0.318 e. The molecule has 0 aliphatic heterocycles. The maximum atomic E-state index is 12.7. The summed E-state index contributed by atoms with van der Waals surface area (Å²) in [5.74, 6) is 2.16. The third-order valence-corrected chi connectivity index (χ3v) is 7.00. The maximum Gasteiger partial charge on any atom is 0.246 e. The standard InChI is InChI=1S/C21H18N6OS3/c1-29-13-18-23-16-4-2-3-5-17(16)27(18)11-19(28)24-20-25-26-21(31-20)30-12-15-8-6-14(10-22)7-9-15/h2-9H,11-13H2,1H3,(H,24,25,28). The topological polar surface area (TPSA) is 96.5 Å². The van der Waals surface area contributed by atoms with E-state index < -0.39 is 0 Å². The summed E-state index contributed by atoms with van der Waals surface area (Å²) in [5, 5.41) is 20.4. The van der Waals surface area contributed by atoms with Crippen molar-refractivity contribution in [2.24, 2.45) is 0 Å². The fourth-order valence-electron chi connectivity index (χ4n) is 2.98. The molecule has 2 aromatic carbocycles. The van der Waals surface area contributed by atoms with E-state index in [4.69, 9.17) is 5.26 Å². The predicted octanol–water partition coefficient (Wildman–Crippen LogP) is 4.55. The summed E-state index contributed by atoms with van der Waals surface area (Å²) < 4.78 is 2.72. The molecule has 31 heavy (non-hydrogen) atoms. The van der Waals surface area contributed by atoms with E-state index >= 15 is 0 Å². The summed E-state index contributed by atoms with van der Waals surface area (Å²) in [6.45, 7) is 0.170. The Morgan fingerprint density at radius 1 is 1.16 bits per heavy atom. The van der Waals surface area contributed by atoms with Gasteiger partial charge in [-0.2, -0.15) is 17.0 Å². The molecule has 0 fully saturated rings. The number of carbonyl (C=O) groups is 1. The summed E-state index contributed by atoms with van der Waals surface area (Å²) in [7, 11) is 0. The van der Waals surface area contributed by atoms with Gasteiger partial charge >= 0.3 is 0 Å². The number of amides is 1. The molecule has 2 aromatic heterocycles. The van der Waals surface area contributed by atoms with E-state index in [0.717, 1.165) is 32.5 Å². The Morgan fingerprint density at radius 2 is 1.97 bits per heavy atom. The van der Waals surface area contributed by atoms with Gasteiger partial charge in [-0.05, 0) is 36.1 Å². The molecule has 0 radical (unpaired) electrons. The highest BCUT2D eigenvalue weighted by atomic mass is 32.2. The molecular formula is C21H18N6OS3. The van der Waals surface area contributed by atoms with Gasteiger partial charge in [-0.3, -0.25) is 10.1 Å². The molecule has 0 saturated carbocycles. The minimum absolute atomic E-state index is 0.162. The molecule has 0 aliphatic rings. The van der Waals surface area contributed by atoms with Gasteiger partial charge in [0.25, 0.3) is 0 Å². The molecule has 2 heterocycles. The number of rotatable bonds is 8. The lowest BCUT2D eigenvalue weighted by atomic mass is 10.2. The number of fused-ring (bicyclic) bond motifs is 1. The van der Waals surface area contributed by atoms with Gasteiger partial charge in [-0.1, -0.05) is 47.4 Å². The van der Waals surface area contributed by atoms with Crippen LogP contribution in [0.5, 0.6) is 0 Å². The Labute approximate surface area is 191 Å². The van der Waals surface area contributed by atoms with Gasteiger partial charge in [-0.25, -0.2) is 4.98 Å². The van der Waals surface area contributed by atoms with Crippen LogP contribution in [0.2, 0.25) is 0 Å². The largest absolute Gasteiger partial charge is 0.318 e. The molecule has 0 unspecified atom stereocenters. The first-order valence-corrected chi connectivity index (χ1v) is 12.5. The fourth-order valence-corrected chi connectivity index (χ4v) is 5.19. The maximum absolute atomic E-state index is 12.7. The number of nitrogens with one attached hydrogen (secondary N) is 1. The van der Waals surface area contributed by atoms with Crippen molar-refractivity contribution in [1.29, 1.82) is 5.26 Å². The lowest BCUT2D eigenvalue weighted by Crippen LogP contribution is -2.20. The van der Waals surface area contributed by atoms with Gasteiger partial charge in [0.1, 0.15) is 12.4 Å². The highest BCUT2D eigenvalue weighted by Gasteiger charge is 2.15. The molecule has 0 aliphatic carbocycles. The zero-order valence-electron chi connectivity index (χ0n) is 16.6. The zero-order valence-corrected chi connectivity index (χ0v) is 19.1. The average molecular weight is 467 g/mol. The number of carbonyl (C=O) groups excluding carboxylic acids is 1. The number of thioether (sulfide) groups is 2. The summed E-state index contributed by atoms with van der Waals surface area (Å²) >= 11 is 4.56.